The number of rotatable bonds is 3. The van der Waals surface area contributed by atoms with Crippen molar-refractivity contribution in [2.75, 3.05) is 0 Å². The number of aromatic nitrogens is 1. The van der Waals surface area contributed by atoms with Crippen molar-refractivity contribution >= 4 is 26.7 Å². The number of carbonyl (C=O) groups is 1. The molecule has 4 aromatic rings. The molecule has 1 N–H and O–H groups in total. The molecule has 5 nitrogen and oxygen atoms in total. The highest BCUT2D eigenvalue weighted by Gasteiger charge is 2.40. The Kier molecular flexibility index (Phi) is 4.03. The van der Waals surface area contributed by atoms with Gasteiger partial charge in [0.1, 0.15) is 0 Å². The average Bonchev–Trinajstić information content (AvgIpc) is 3.18. The number of allylic oxidation sites excluding steroid dienone is 1. The van der Waals surface area contributed by atoms with E-state index in [1.54, 1.807) is 66.7 Å². The zero-order chi connectivity index (χ0) is 20.9. The first-order chi connectivity index (χ1) is 14.4. The monoisotopic (exact) mass is 415 g/mol. The molecule has 3 aromatic carbocycles. The number of para-hydroxylation sites is 1. The molecular formula is C24H17NO4S. The Morgan fingerprint density at radius 3 is 2.30 bits per heavy atom. The smallest absolute Gasteiger partial charge is 0.268 e. The van der Waals surface area contributed by atoms with E-state index in [0.29, 0.717) is 22.0 Å². The van der Waals surface area contributed by atoms with Crippen molar-refractivity contribution in [1.29, 1.82) is 0 Å². The summed E-state index contributed by atoms with van der Waals surface area (Å²) in [4.78, 5) is 12.5. The predicted octanol–water partition coefficient (Wildman–Crippen LogP) is 3.87. The summed E-state index contributed by atoms with van der Waals surface area (Å²) in [7, 11) is -4.02. The van der Waals surface area contributed by atoms with Gasteiger partial charge in [-0.3, -0.25) is 4.79 Å². The molecule has 0 saturated heterocycles. The van der Waals surface area contributed by atoms with Crippen LogP contribution >= 0.6 is 0 Å². The molecule has 5 rings (SSSR count). The molecule has 0 spiro atoms. The zero-order valence-electron chi connectivity index (χ0n) is 15.8. The van der Waals surface area contributed by atoms with Gasteiger partial charge >= 0.3 is 0 Å². The van der Waals surface area contributed by atoms with Crippen molar-refractivity contribution in [3.63, 3.8) is 0 Å². The van der Waals surface area contributed by atoms with Crippen LogP contribution in [-0.2, 0) is 15.6 Å². The number of hydrogen-bond acceptors (Lipinski definition) is 4. The lowest BCUT2D eigenvalue weighted by Crippen LogP contribution is -2.34. The summed E-state index contributed by atoms with van der Waals surface area (Å²) in [5.41, 5.74) is -0.483. The van der Waals surface area contributed by atoms with E-state index in [4.69, 9.17) is 0 Å². The van der Waals surface area contributed by atoms with Crippen LogP contribution in [0.5, 0.6) is 0 Å². The fourth-order valence-electron chi connectivity index (χ4n) is 3.98. The molecule has 1 unspecified atom stereocenters. The minimum atomic E-state index is -4.02. The van der Waals surface area contributed by atoms with Gasteiger partial charge in [0.05, 0.1) is 16.1 Å². The zero-order valence-corrected chi connectivity index (χ0v) is 16.6. The van der Waals surface area contributed by atoms with Crippen molar-refractivity contribution in [1.82, 2.24) is 3.97 Å². The molecule has 0 saturated carbocycles. The van der Waals surface area contributed by atoms with Gasteiger partial charge in [-0.25, -0.2) is 12.4 Å². The molecule has 1 aliphatic carbocycles. The highest BCUT2D eigenvalue weighted by Crippen LogP contribution is 2.40. The Balaban J connectivity index is 1.88. The van der Waals surface area contributed by atoms with Gasteiger partial charge in [-0.15, -0.1) is 0 Å². The lowest BCUT2D eigenvalue weighted by atomic mass is 9.81. The number of ketones is 1. The van der Waals surface area contributed by atoms with Gasteiger partial charge in [-0.2, -0.15) is 0 Å². The van der Waals surface area contributed by atoms with Gasteiger partial charge in [0.15, 0.2) is 11.4 Å². The fraction of sp³-hybridized carbons (Fsp3) is 0.0417. The van der Waals surface area contributed by atoms with E-state index in [1.807, 2.05) is 6.07 Å². The maximum Gasteiger partial charge on any atom is 0.268 e. The first-order valence-electron chi connectivity index (χ1n) is 9.40. The van der Waals surface area contributed by atoms with Crippen LogP contribution in [0.1, 0.15) is 21.6 Å². The Labute approximate surface area is 173 Å². The number of nitrogens with zero attached hydrogens (tertiary/aromatic N) is 1. The number of aliphatic hydroxyl groups is 1. The van der Waals surface area contributed by atoms with Crippen LogP contribution in [0.4, 0.5) is 0 Å². The van der Waals surface area contributed by atoms with Crippen LogP contribution in [0.15, 0.2) is 102 Å². The predicted molar refractivity (Wildman–Crippen MR) is 114 cm³/mol. The summed E-state index contributed by atoms with van der Waals surface area (Å²) >= 11 is 0. The van der Waals surface area contributed by atoms with E-state index in [1.165, 1.54) is 28.3 Å². The summed E-state index contributed by atoms with van der Waals surface area (Å²) in [5, 5.41) is 12.4. The second kappa shape index (κ2) is 6.52. The quantitative estimate of drug-likeness (QED) is 0.551. The van der Waals surface area contributed by atoms with Crippen molar-refractivity contribution in [2.24, 2.45) is 0 Å². The molecule has 0 radical (unpaired) electrons. The maximum atomic E-state index is 13.7. The van der Waals surface area contributed by atoms with E-state index in [-0.39, 0.29) is 16.4 Å². The third kappa shape index (κ3) is 2.58. The van der Waals surface area contributed by atoms with Gasteiger partial charge in [0.25, 0.3) is 10.0 Å². The summed E-state index contributed by atoms with van der Waals surface area (Å²) in [6.07, 6.45) is 2.66. The second-order valence-electron chi connectivity index (χ2n) is 7.18. The summed E-state index contributed by atoms with van der Waals surface area (Å²) in [5.74, 6) is -0.233. The van der Waals surface area contributed by atoms with Crippen LogP contribution in [0, 0.1) is 0 Å². The van der Waals surface area contributed by atoms with Crippen molar-refractivity contribution < 1.29 is 18.3 Å². The highest BCUT2D eigenvalue weighted by molar-refractivity contribution is 7.90. The van der Waals surface area contributed by atoms with Gasteiger partial charge < -0.3 is 5.11 Å². The molecule has 1 atom stereocenters. The molecule has 0 bridgehead atoms. The molecular weight excluding hydrogens is 398 g/mol. The third-order valence-electron chi connectivity index (χ3n) is 5.42. The molecule has 148 valence electrons. The molecule has 30 heavy (non-hydrogen) atoms. The van der Waals surface area contributed by atoms with Gasteiger partial charge in [0.2, 0.25) is 0 Å². The van der Waals surface area contributed by atoms with E-state index in [9.17, 15) is 18.3 Å². The topological polar surface area (TPSA) is 76.4 Å². The standard InChI is InChI=1S/C24H17NO4S/c26-22-14-15-24(27,20-12-6-5-11-19(20)22)23-16-17-8-4-7-13-21(17)25(23)30(28,29)18-9-2-1-3-10-18/h1-16,27H. The highest BCUT2D eigenvalue weighted by atomic mass is 32.2. The lowest BCUT2D eigenvalue weighted by Gasteiger charge is -2.31. The molecule has 0 amide bonds. The Bertz CT molecular complexity index is 1430. The fourth-order valence-corrected chi connectivity index (χ4v) is 5.57. The lowest BCUT2D eigenvalue weighted by molar-refractivity contribution is 0.0981. The van der Waals surface area contributed by atoms with Gasteiger partial charge in [-0.1, -0.05) is 60.7 Å². The second-order valence-corrected chi connectivity index (χ2v) is 8.97. The van der Waals surface area contributed by atoms with Crippen molar-refractivity contribution in [3.05, 3.63) is 114 Å². The average molecular weight is 415 g/mol. The van der Waals surface area contributed by atoms with Gasteiger partial charge in [-0.05, 0) is 36.4 Å². The summed E-state index contributed by atoms with van der Waals surface area (Å²) < 4.78 is 28.5. The maximum absolute atomic E-state index is 13.7. The Morgan fingerprint density at radius 1 is 0.833 bits per heavy atom. The van der Waals surface area contributed by atoms with Gasteiger partial charge in [0, 0.05) is 16.5 Å². The molecule has 1 heterocycles. The van der Waals surface area contributed by atoms with Crippen molar-refractivity contribution in [3.8, 4) is 0 Å². The van der Waals surface area contributed by atoms with Crippen LogP contribution < -0.4 is 0 Å². The minimum absolute atomic E-state index is 0.111. The van der Waals surface area contributed by atoms with E-state index < -0.39 is 15.6 Å². The summed E-state index contributed by atoms with van der Waals surface area (Å²) in [6, 6.07) is 23.5. The first kappa shape index (κ1) is 18.5. The number of carbonyl (C=O) groups excluding carboxylic acids is 1. The molecule has 1 aliphatic rings. The van der Waals surface area contributed by atoms with Crippen LogP contribution in [0.3, 0.4) is 0 Å². The van der Waals surface area contributed by atoms with Crippen LogP contribution in [0.25, 0.3) is 10.9 Å². The number of benzene rings is 3. The molecule has 0 fully saturated rings. The minimum Gasteiger partial charge on any atom is -0.375 e. The number of hydrogen-bond donors (Lipinski definition) is 1. The normalized spacial score (nSPS) is 18.5. The van der Waals surface area contributed by atoms with E-state index >= 15 is 0 Å². The van der Waals surface area contributed by atoms with Crippen LogP contribution in [0.2, 0.25) is 0 Å². The first-order valence-corrected chi connectivity index (χ1v) is 10.8. The third-order valence-corrected chi connectivity index (χ3v) is 7.16. The Morgan fingerprint density at radius 2 is 1.50 bits per heavy atom. The molecule has 6 heteroatoms. The van der Waals surface area contributed by atoms with E-state index in [0.717, 1.165) is 0 Å². The SMILES string of the molecule is O=C1C=CC(O)(c2cc3ccccc3n2S(=O)(=O)c2ccccc2)c2ccccc21. The summed E-state index contributed by atoms with van der Waals surface area (Å²) in [6.45, 7) is 0. The van der Waals surface area contributed by atoms with Crippen LogP contribution in [-0.4, -0.2) is 23.3 Å². The largest absolute Gasteiger partial charge is 0.375 e. The molecule has 0 aliphatic heterocycles. The number of fused-ring (bicyclic) bond motifs is 2. The Hall–Kier alpha value is -3.48. The van der Waals surface area contributed by atoms with E-state index in [2.05, 4.69) is 0 Å². The van der Waals surface area contributed by atoms with Crippen molar-refractivity contribution in [2.45, 2.75) is 10.5 Å². The molecule has 1 aromatic heterocycles.